The van der Waals surface area contributed by atoms with Crippen LogP contribution < -0.4 is 5.32 Å². The third kappa shape index (κ3) is 7.27. The molecule has 4 rings (SSSR count). The number of nitrogens with zero attached hydrogens (tertiary/aromatic N) is 1. The van der Waals surface area contributed by atoms with Crippen molar-refractivity contribution in [1.82, 2.24) is 10.2 Å². The van der Waals surface area contributed by atoms with Gasteiger partial charge in [0.15, 0.2) is 0 Å². The Morgan fingerprint density at radius 3 is 2.31 bits per heavy atom. The Labute approximate surface area is 212 Å². The van der Waals surface area contributed by atoms with Gasteiger partial charge in [-0.1, -0.05) is 56.4 Å². The molecule has 9 heteroatoms. The zero-order valence-electron chi connectivity index (χ0n) is 20.9. The molecule has 1 unspecified atom stereocenters. The number of benzene rings is 1. The van der Waals surface area contributed by atoms with Crippen molar-refractivity contribution >= 4 is 17.8 Å². The summed E-state index contributed by atoms with van der Waals surface area (Å²) in [4.78, 5) is 33.5. The molecule has 2 fully saturated rings. The fourth-order valence-electron chi connectivity index (χ4n) is 5.93. The fourth-order valence-corrected chi connectivity index (χ4v) is 5.93. The number of nitrogens with one attached hydrogen (secondary N) is 1. The van der Waals surface area contributed by atoms with Gasteiger partial charge in [0.25, 0.3) is 0 Å². The molecule has 1 aliphatic heterocycles. The van der Waals surface area contributed by atoms with Crippen LogP contribution in [0.2, 0.25) is 0 Å². The lowest BCUT2D eigenvalue weighted by Crippen LogP contribution is -2.49. The largest absolute Gasteiger partial charge is 0.473 e. The zero-order chi connectivity index (χ0) is 26.1. The van der Waals surface area contributed by atoms with Crippen molar-refractivity contribution in [2.75, 3.05) is 19.6 Å². The second kappa shape index (κ2) is 13.2. The summed E-state index contributed by atoms with van der Waals surface area (Å²) >= 11 is 0. The van der Waals surface area contributed by atoms with Gasteiger partial charge in [0.05, 0.1) is 24.3 Å². The third-order valence-electron chi connectivity index (χ3n) is 7.90. The number of hydrogen-bond donors (Lipinski definition) is 5. The van der Waals surface area contributed by atoms with Crippen LogP contribution in [0.5, 0.6) is 0 Å². The lowest BCUT2D eigenvalue weighted by atomic mass is 9.77. The van der Waals surface area contributed by atoms with E-state index in [-0.39, 0.29) is 11.9 Å². The molecule has 3 atom stereocenters. The van der Waals surface area contributed by atoms with Crippen LogP contribution >= 0.6 is 0 Å². The first-order valence-electron chi connectivity index (χ1n) is 13.2. The maximum Gasteiger partial charge on any atom is 0.414 e. The molecule has 2 saturated carbocycles. The van der Waals surface area contributed by atoms with Gasteiger partial charge in [-0.25, -0.2) is 9.59 Å². The van der Waals surface area contributed by atoms with Crippen LogP contribution in [0.1, 0.15) is 81.4 Å². The van der Waals surface area contributed by atoms with E-state index in [1.54, 1.807) is 0 Å². The molecule has 1 aromatic carbocycles. The van der Waals surface area contributed by atoms with E-state index >= 15 is 0 Å². The molecule has 0 bridgehead atoms. The molecule has 1 aromatic rings. The van der Waals surface area contributed by atoms with E-state index < -0.39 is 23.6 Å². The molecule has 0 aromatic heterocycles. The summed E-state index contributed by atoms with van der Waals surface area (Å²) < 4.78 is 0. The van der Waals surface area contributed by atoms with Crippen molar-refractivity contribution in [3.05, 3.63) is 35.4 Å². The molecule has 2 aliphatic carbocycles. The van der Waals surface area contributed by atoms with Crippen molar-refractivity contribution < 1.29 is 34.8 Å². The minimum absolute atomic E-state index is 0.163. The molecule has 5 N–H and O–H groups in total. The van der Waals surface area contributed by atoms with Crippen LogP contribution in [0.4, 0.5) is 0 Å². The summed E-state index contributed by atoms with van der Waals surface area (Å²) in [6.45, 7) is 1.65. The Balaban J connectivity index is 0.000000538. The van der Waals surface area contributed by atoms with E-state index in [0.717, 1.165) is 25.8 Å². The molecule has 3 aliphatic rings. The Morgan fingerprint density at radius 2 is 1.64 bits per heavy atom. The zero-order valence-corrected chi connectivity index (χ0v) is 20.9. The summed E-state index contributed by atoms with van der Waals surface area (Å²) in [6, 6.07) is 8.87. The van der Waals surface area contributed by atoms with E-state index in [0.29, 0.717) is 38.3 Å². The van der Waals surface area contributed by atoms with E-state index in [9.17, 15) is 15.0 Å². The molecule has 0 spiro atoms. The van der Waals surface area contributed by atoms with Gasteiger partial charge in [-0.15, -0.1) is 0 Å². The molecule has 1 heterocycles. The van der Waals surface area contributed by atoms with Crippen molar-refractivity contribution in [2.24, 2.45) is 5.92 Å². The van der Waals surface area contributed by atoms with Gasteiger partial charge in [0.1, 0.15) is 0 Å². The maximum atomic E-state index is 13.2. The SMILES string of the molecule is O=C(CNCC[C@@]1(O)CCCC[C@H]1O)N1CCc2ccccc2C1C1CCCCC1.O=C(O)C(=O)O. The van der Waals surface area contributed by atoms with E-state index in [2.05, 4.69) is 34.5 Å². The van der Waals surface area contributed by atoms with Gasteiger partial charge in [-0.3, -0.25) is 4.79 Å². The second-order valence-electron chi connectivity index (χ2n) is 10.3. The standard InChI is InChI=1S/C25H38N2O3.C2H2O4/c28-22-12-6-7-14-25(22,30)15-16-26-18-23(29)27-17-13-19-8-4-5-11-21(19)24(27)20-9-2-1-3-10-20;3-1(4)2(5)6/h4-5,8,11,20,22,24,26,28,30H,1-3,6-7,9-10,12-18H2;(H,3,4)(H,5,6)/t22-,24?,25+;/m1./s1. The van der Waals surface area contributed by atoms with Gasteiger partial charge >= 0.3 is 11.9 Å². The summed E-state index contributed by atoms with van der Waals surface area (Å²) in [5.74, 6) is -2.93. The van der Waals surface area contributed by atoms with Gasteiger partial charge < -0.3 is 30.6 Å². The number of aliphatic hydroxyl groups excluding tert-OH is 1. The number of carbonyl (C=O) groups is 3. The number of aliphatic hydroxyl groups is 2. The van der Waals surface area contributed by atoms with Crippen LogP contribution in [0.25, 0.3) is 0 Å². The number of fused-ring (bicyclic) bond motifs is 1. The lowest BCUT2D eigenvalue weighted by Gasteiger charge is -2.43. The normalized spacial score (nSPS) is 26.3. The summed E-state index contributed by atoms with van der Waals surface area (Å²) in [5, 5.41) is 38.9. The first-order valence-corrected chi connectivity index (χ1v) is 13.2. The number of carboxylic acids is 2. The van der Waals surface area contributed by atoms with Crippen molar-refractivity contribution in [1.29, 1.82) is 0 Å². The Hall–Kier alpha value is -2.49. The molecular formula is C27H40N2O7. The fraction of sp³-hybridized carbons (Fsp3) is 0.667. The highest BCUT2D eigenvalue weighted by Crippen LogP contribution is 2.42. The number of aliphatic carboxylic acids is 2. The quantitative estimate of drug-likeness (QED) is 0.293. The average Bonchev–Trinajstić information content (AvgIpc) is 2.88. The van der Waals surface area contributed by atoms with Crippen molar-refractivity contribution in [3.63, 3.8) is 0 Å². The summed E-state index contributed by atoms with van der Waals surface area (Å²) in [5.41, 5.74) is 1.76. The second-order valence-corrected chi connectivity index (χ2v) is 10.3. The molecular weight excluding hydrogens is 464 g/mol. The Kier molecular flexibility index (Phi) is 10.3. The Morgan fingerprint density at radius 1 is 0.972 bits per heavy atom. The van der Waals surface area contributed by atoms with Gasteiger partial charge in [0.2, 0.25) is 5.91 Å². The van der Waals surface area contributed by atoms with Gasteiger partial charge in [0, 0.05) is 6.54 Å². The first-order chi connectivity index (χ1) is 17.2. The topological polar surface area (TPSA) is 147 Å². The summed E-state index contributed by atoms with van der Waals surface area (Å²) in [6.07, 6.45) is 10.3. The predicted octanol–water partition coefficient (Wildman–Crippen LogP) is 2.49. The minimum atomic E-state index is -1.82. The van der Waals surface area contributed by atoms with E-state index in [1.807, 2.05) is 0 Å². The van der Waals surface area contributed by atoms with Crippen LogP contribution in [-0.2, 0) is 20.8 Å². The third-order valence-corrected chi connectivity index (χ3v) is 7.90. The number of amides is 1. The van der Waals surface area contributed by atoms with Crippen molar-refractivity contribution in [2.45, 2.75) is 88.4 Å². The molecule has 36 heavy (non-hydrogen) atoms. The van der Waals surface area contributed by atoms with Crippen LogP contribution in [-0.4, -0.2) is 74.5 Å². The van der Waals surface area contributed by atoms with E-state index in [4.69, 9.17) is 19.8 Å². The minimum Gasteiger partial charge on any atom is -0.473 e. The van der Waals surface area contributed by atoms with E-state index in [1.165, 1.54) is 43.2 Å². The molecule has 1 amide bonds. The first kappa shape index (κ1) is 28.1. The highest BCUT2D eigenvalue weighted by atomic mass is 16.4. The predicted molar refractivity (Wildman–Crippen MR) is 133 cm³/mol. The number of rotatable bonds is 6. The monoisotopic (exact) mass is 504 g/mol. The average molecular weight is 505 g/mol. The van der Waals surface area contributed by atoms with Crippen molar-refractivity contribution in [3.8, 4) is 0 Å². The maximum absolute atomic E-state index is 13.2. The number of carbonyl (C=O) groups excluding carboxylic acids is 1. The van der Waals surface area contributed by atoms with Gasteiger partial charge in [-0.2, -0.15) is 0 Å². The molecule has 200 valence electrons. The molecule has 0 radical (unpaired) electrons. The summed E-state index contributed by atoms with van der Waals surface area (Å²) in [7, 11) is 0. The van der Waals surface area contributed by atoms with Crippen LogP contribution in [0.15, 0.2) is 24.3 Å². The smallest absolute Gasteiger partial charge is 0.414 e. The lowest BCUT2D eigenvalue weighted by molar-refractivity contribution is -0.159. The highest BCUT2D eigenvalue weighted by Gasteiger charge is 2.38. The van der Waals surface area contributed by atoms with Crippen LogP contribution in [0, 0.1) is 5.92 Å². The Bertz CT molecular complexity index is 890. The van der Waals surface area contributed by atoms with Gasteiger partial charge in [-0.05, 0) is 62.1 Å². The number of carboxylic acid groups (broad SMARTS) is 2. The highest BCUT2D eigenvalue weighted by molar-refractivity contribution is 6.27. The number of hydrogen-bond acceptors (Lipinski definition) is 6. The molecule has 0 saturated heterocycles. The van der Waals surface area contributed by atoms with Crippen LogP contribution in [0.3, 0.4) is 0 Å². The molecule has 9 nitrogen and oxygen atoms in total.